The average molecular weight is 457 g/mol. The van der Waals surface area contributed by atoms with Crippen molar-refractivity contribution in [3.8, 4) is 0 Å². The van der Waals surface area contributed by atoms with Crippen molar-refractivity contribution in [1.29, 1.82) is 0 Å². The zero-order chi connectivity index (χ0) is 22.3. The molecule has 3 aliphatic rings. The number of anilines is 1. The summed E-state index contributed by atoms with van der Waals surface area (Å²) < 4.78 is 40.1. The second-order valence-electron chi connectivity index (χ2n) is 8.74. The van der Waals surface area contributed by atoms with Crippen LogP contribution in [0.5, 0.6) is 0 Å². The summed E-state index contributed by atoms with van der Waals surface area (Å²) in [5.41, 5.74) is 3.32. The molecule has 0 unspecified atom stereocenters. The van der Waals surface area contributed by atoms with E-state index in [-0.39, 0.29) is 30.0 Å². The average Bonchev–Trinajstić information content (AvgIpc) is 3.57. The quantitative estimate of drug-likeness (QED) is 0.615. The van der Waals surface area contributed by atoms with Crippen molar-refractivity contribution in [1.82, 2.24) is 4.31 Å². The molecule has 5 rings (SSSR count). The third-order valence-electron chi connectivity index (χ3n) is 6.66. The van der Waals surface area contributed by atoms with Crippen LogP contribution in [0.4, 0.5) is 5.69 Å². The molecule has 32 heavy (non-hydrogen) atoms. The number of allylic oxidation sites excluding steroid dienone is 1. The Morgan fingerprint density at radius 3 is 2.66 bits per heavy atom. The van der Waals surface area contributed by atoms with Crippen LogP contribution in [-0.4, -0.2) is 44.9 Å². The molecule has 1 saturated heterocycles. The number of likely N-dealkylation sites (N-methyl/N-ethyl adjacent to an activating group) is 1. The lowest BCUT2D eigenvalue weighted by molar-refractivity contribution is -0.112. The molecular weight excluding hydrogens is 428 g/mol. The highest BCUT2D eigenvalue weighted by Gasteiger charge is 2.36. The fraction of sp³-hybridized carbons (Fsp3) is 0.458. The Hall–Kier alpha value is -2.42. The van der Waals surface area contributed by atoms with Gasteiger partial charge in [0.05, 0.1) is 29.5 Å². The number of benzene rings is 1. The molecule has 3 heterocycles. The first-order valence-corrected chi connectivity index (χ1v) is 12.7. The maximum absolute atomic E-state index is 13.8. The number of hydrogen-bond acceptors (Lipinski definition) is 5. The van der Waals surface area contributed by atoms with E-state index >= 15 is 0 Å². The van der Waals surface area contributed by atoms with Crippen LogP contribution < -0.4 is 4.90 Å². The monoisotopic (exact) mass is 456 g/mol. The van der Waals surface area contributed by atoms with E-state index in [0.29, 0.717) is 17.9 Å². The highest BCUT2D eigenvalue weighted by Crippen LogP contribution is 2.43. The minimum Gasteiger partial charge on any atom is -0.468 e. The number of hydrogen-bond donors (Lipinski definition) is 0. The lowest BCUT2D eigenvalue weighted by atomic mass is 10.00. The molecule has 0 spiro atoms. The summed E-state index contributed by atoms with van der Waals surface area (Å²) in [6.07, 6.45) is 7.13. The van der Waals surface area contributed by atoms with E-state index in [1.54, 1.807) is 48.5 Å². The zero-order valence-electron chi connectivity index (χ0n) is 18.2. The van der Waals surface area contributed by atoms with E-state index in [4.69, 9.17) is 9.15 Å². The van der Waals surface area contributed by atoms with Gasteiger partial charge in [0.15, 0.2) is 0 Å². The Morgan fingerprint density at radius 2 is 1.97 bits per heavy atom. The zero-order valence-corrected chi connectivity index (χ0v) is 19.1. The number of fused-ring (bicyclic) bond motifs is 1. The molecule has 0 bridgehead atoms. The number of sulfonamides is 1. The number of amides is 1. The number of carbonyl (C=O) groups excluding carboxylic acids is 1. The van der Waals surface area contributed by atoms with Gasteiger partial charge in [-0.3, -0.25) is 4.79 Å². The Bertz CT molecular complexity index is 1140. The number of rotatable bonds is 6. The number of carbonyl (C=O) groups is 1. The molecule has 2 aromatic rings. The van der Waals surface area contributed by atoms with Gasteiger partial charge in [-0.15, -0.1) is 0 Å². The molecule has 1 amide bonds. The van der Waals surface area contributed by atoms with Gasteiger partial charge in [-0.2, -0.15) is 4.31 Å². The van der Waals surface area contributed by atoms with Crippen molar-refractivity contribution in [3.63, 3.8) is 0 Å². The SMILES string of the molecule is CN1C(=O)C(=C2CCCC2)c2cc(S(=O)(=O)N(Cc3ccco3)C[C@H]3CCCO3)ccc21. The summed E-state index contributed by atoms with van der Waals surface area (Å²) >= 11 is 0. The molecule has 0 radical (unpaired) electrons. The maximum atomic E-state index is 13.8. The molecule has 1 aromatic carbocycles. The molecule has 1 atom stereocenters. The molecule has 2 aliphatic heterocycles. The lowest BCUT2D eigenvalue weighted by Gasteiger charge is -2.24. The number of furan rings is 1. The fourth-order valence-corrected chi connectivity index (χ4v) is 6.41. The summed E-state index contributed by atoms with van der Waals surface area (Å²) in [5.74, 6) is 0.537. The predicted molar refractivity (Wildman–Crippen MR) is 121 cm³/mol. The van der Waals surface area contributed by atoms with Crippen LogP contribution in [0.1, 0.15) is 49.8 Å². The minimum atomic E-state index is -3.83. The summed E-state index contributed by atoms with van der Waals surface area (Å²) in [6, 6.07) is 8.56. The molecule has 7 nitrogen and oxygen atoms in total. The third-order valence-corrected chi connectivity index (χ3v) is 8.47. The van der Waals surface area contributed by atoms with Gasteiger partial charge in [0.25, 0.3) is 5.91 Å². The van der Waals surface area contributed by atoms with Crippen LogP contribution in [0.2, 0.25) is 0 Å². The molecule has 1 aliphatic carbocycles. The van der Waals surface area contributed by atoms with Crippen LogP contribution >= 0.6 is 0 Å². The first-order valence-electron chi connectivity index (χ1n) is 11.2. The van der Waals surface area contributed by atoms with E-state index in [1.807, 2.05) is 0 Å². The van der Waals surface area contributed by atoms with Gasteiger partial charge in [-0.1, -0.05) is 5.57 Å². The van der Waals surface area contributed by atoms with Crippen molar-refractivity contribution in [2.75, 3.05) is 25.1 Å². The van der Waals surface area contributed by atoms with E-state index in [0.717, 1.165) is 55.3 Å². The van der Waals surface area contributed by atoms with Crippen molar-refractivity contribution in [2.24, 2.45) is 0 Å². The predicted octanol–water partition coefficient (Wildman–Crippen LogP) is 3.95. The van der Waals surface area contributed by atoms with Crippen LogP contribution in [0.3, 0.4) is 0 Å². The fourth-order valence-electron chi connectivity index (χ4n) is 4.94. The van der Waals surface area contributed by atoms with Gasteiger partial charge in [0, 0.05) is 31.3 Å². The molecule has 170 valence electrons. The van der Waals surface area contributed by atoms with Gasteiger partial charge >= 0.3 is 0 Å². The van der Waals surface area contributed by atoms with Gasteiger partial charge in [-0.05, 0) is 68.9 Å². The maximum Gasteiger partial charge on any atom is 0.258 e. The van der Waals surface area contributed by atoms with E-state index < -0.39 is 10.0 Å². The normalized spacial score (nSPS) is 21.2. The van der Waals surface area contributed by atoms with Crippen LogP contribution in [0.25, 0.3) is 5.57 Å². The summed E-state index contributed by atoms with van der Waals surface area (Å²) in [7, 11) is -2.08. The second kappa shape index (κ2) is 8.50. The second-order valence-corrected chi connectivity index (χ2v) is 10.7. The first kappa shape index (κ1) is 21.4. The first-order chi connectivity index (χ1) is 15.4. The molecule has 1 aromatic heterocycles. The van der Waals surface area contributed by atoms with Gasteiger partial charge < -0.3 is 14.1 Å². The van der Waals surface area contributed by atoms with Gasteiger partial charge in [0.1, 0.15) is 5.76 Å². The Kier molecular flexibility index (Phi) is 5.69. The van der Waals surface area contributed by atoms with Crippen molar-refractivity contribution in [3.05, 3.63) is 53.5 Å². The van der Waals surface area contributed by atoms with Crippen LogP contribution in [0, 0.1) is 0 Å². The lowest BCUT2D eigenvalue weighted by Crippen LogP contribution is -2.36. The summed E-state index contributed by atoms with van der Waals surface area (Å²) in [4.78, 5) is 14.8. The smallest absolute Gasteiger partial charge is 0.258 e. The summed E-state index contributed by atoms with van der Waals surface area (Å²) in [5, 5.41) is 0. The van der Waals surface area contributed by atoms with E-state index in [1.165, 1.54) is 4.31 Å². The topological polar surface area (TPSA) is 80.1 Å². The van der Waals surface area contributed by atoms with Crippen molar-refractivity contribution < 1.29 is 22.4 Å². The van der Waals surface area contributed by atoms with E-state index in [9.17, 15) is 13.2 Å². The van der Waals surface area contributed by atoms with Crippen LogP contribution in [0.15, 0.2) is 51.5 Å². The Balaban J connectivity index is 1.53. The number of ether oxygens (including phenoxy) is 1. The molecule has 1 saturated carbocycles. The highest BCUT2D eigenvalue weighted by atomic mass is 32.2. The molecular formula is C24H28N2O5S. The molecule has 0 N–H and O–H groups in total. The van der Waals surface area contributed by atoms with Crippen LogP contribution in [-0.2, 0) is 26.1 Å². The van der Waals surface area contributed by atoms with Gasteiger partial charge in [-0.25, -0.2) is 8.42 Å². The minimum absolute atomic E-state index is 0.0433. The van der Waals surface area contributed by atoms with Gasteiger partial charge in [0.2, 0.25) is 10.0 Å². The Labute approximate surface area is 188 Å². The summed E-state index contributed by atoms with van der Waals surface area (Å²) in [6.45, 7) is 1.06. The Morgan fingerprint density at radius 1 is 1.16 bits per heavy atom. The van der Waals surface area contributed by atoms with E-state index in [2.05, 4.69) is 0 Å². The van der Waals surface area contributed by atoms with Crippen molar-refractivity contribution in [2.45, 2.75) is 56.1 Å². The third kappa shape index (κ3) is 3.80. The standard InChI is InChI=1S/C24H28N2O5S/c1-25-22-11-10-20(14-21(22)23(24(25)27)17-6-2-3-7-17)32(28,29)26(15-18-8-4-12-30-18)16-19-9-5-13-31-19/h4,8,10-12,14,19H,2-3,5-7,9,13,15-16H2,1H3/t19-/m1/s1. The molecule has 8 heteroatoms. The number of nitrogens with zero attached hydrogens (tertiary/aromatic N) is 2. The largest absolute Gasteiger partial charge is 0.468 e. The molecule has 2 fully saturated rings. The highest BCUT2D eigenvalue weighted by molar-refractivity contribution is 7.89. The van der Waals surface area contributed by atoms with Crippen molar-refractivity contribution >= 4 is 27.2 Å².